The summed E-state index contributed by atoms with van der Waals surface area (Å²) in [6.07, 6.45) is 1.31. The van der Waals surface area contributed by atoms with Crippen molar-refractivity contribution in [2.24, 2.45) is 0 Å². The van der Waals surface area contributed by atoms with Crippen LogP contribution in [0.4, 0.5) is 5.69 Å². The van der Waals surface area contributed by atoms with Crippen LogP contribution in [0.25, 0.3) is 0 Å². The molecule has 9 heteroatoms. The van der Waals surface area contributed by atoms with E-state index < -0.39 is 26.2 Å². The van der Waals surface area contributed by atoms with Gasteiger partial charge in [0.05, 0.1) is 9.82 Å². The summed E-state index contributed by atoms with van der Waals surface area (Å²) in [6.45, 7) is 3.27. The fourth-order valence-electron chi connectivity index (χ4n) is 2.26. The summed E-state index contributed by atoms with van der Waals surface area (Å²) < 4.78 is 27.4. The van der Waals surface area contributed by atoms with Gasteiger partial charge in [0, 0.05) is 11.6 Å². The standard InChI is InChI=1S/C12H16ClN3O4S/c1-12(4-6-14-7-5-12)15-21(19,20)9-2-3-10(13)11(8-9)16(17)18/h2-3,8,14-15H,4-7H2,1H3. The minimum Gasteiger partial charge on any atom is -0.317 e. The molecule has 0 unspecified atom stereocenters. The third-order valence-electron chi connectivity index (χ3n) is 3.51. The van der Waals surface area contributed by atoms with E-state index in [0.29, 0.717) is 12.8 Å². The number of nitrogens with zero attached hydrogens (tertiary/aromatic N) is 1. The largest absolute Gasteiger partial charge is 0.317 e. The van der Waals surface area contributed by atoms with E-state index in [1.807, 2.05) is 6.92 Å². The van der Waals surface area contributed by atoms with Crippen molar-refractivity contribution < 1.29 is 13.3 Å². The molecule has 0 saturated carbocycles. The summed E-state index contributed by atoms with van der Waals surface area (Å²) in [7, 11) is -3.83. The fourth-order valence-corrected chi connectivity index (χ4v) is 3.93. The predicted octanol–water partition coefficient (Wildman–Crippen LogP) is 1.67. The molecule has 2 rings (SSSR count). The zero-order chi connectivity index (χ0) is 15.7. The quantitative estimate of drug-likeness (QED) is 0.644. The Kier molecular flexibility index (Phi) is 4.52. The Morgan fingerprint density at radius 2 is 2.00 bits per heavy atom. The summed E-state index contributed by atoms with van der Waals surface area (Å²) >= 11 is 5.70. The van der Waals surface area contributed by atoms with Crippen molar-refractivity contribution in [2.45, 2.75) is 30.2 Å². The van der Waals surface area contributed by atoms with Gasteiger partial charge in [0.15, 0.2) is 0 Å². The number of benzene rings is 1. The molecule has 116 valence electrons. The highest BCUT2D eigenvalue weighted by Crippen LogP contribution is 2.28. The van der Waals surface area contributed by atoms with Crippen molar-refractivity contribution in [1.82, 2.24) is 10.0 Å². The first-order chi connectivity index (χ1) is 9.73. The number of nitrogens with one attached hydrogen (secondary N) is 2. The van der Waals surface area contributed by atoms with Crippen LogP contribution in [0, 0.1) is 10.1 Å². The summed E-state index contributed by atoms with van der Waals surface area (Å²) in [5, 5.41) is 13.9. The van der Waals surface area contributed by atoms with E-state index in [4.69, 9.17) is 11.6 Å². The monoisotopic (exact) mass is 333 g/mol. The molecule has 21 heavy (non-hydrogen) atoms. The number of hydrogen-bond donors (Lipinski definition) is 2. The molecule has 1 aromatic carbocycles. The van der Waals surface area contributed by atoms with Gasteiger partial charge in [-0.05, 0) is 45.0 Å². The van der Waals surface area contributed by atoms with E-state index >= 15 is 0 Å². The SMILES string of the molecule is CC1(NS(=O)(=O)c2ccc(Cl)c([N+](=O)[O-])c2)CCNCC1. The first-order valence-corrected chi connectivity index (χ1v) is 8.28. The maximum atomic E-state index is 12.4. The van der Waals surface area contributed by atoms with Crippen LogP contribution in [0.1, 0.15) is 19.8 Å². The molecule has 1 aliphatic rings. The molecule has 2 N–H and O–H groups in total. The van der Waals surface area contributed by atoms with Crippen molar-refractivity contribution in [2.75, 3.05) is 13.1 Å². The van der Waals surface area contributed by atoms with E-state index in [1.165, 1.54) is 12.1 Å². The number of sulfonamides is 1. The van der Waals surface area contributed by atoms with Crippen molar-refractivity contribution in [3.63, 3.8) is 0 Å². The van der Waals surface area contributed by atoms with Crippen molar-refractivity contribution in [1.29, 1.82) is 0 Å². The maximum Gasteiger partial charge on any atom is 0.289 e. The van der Waals surface area contributed by atoms with Gasteiger partial charge in [0.25, 0.3) is 5.69 Å². The Balaban J connectivity index is 2.31. The van der Waals surface area contributed by atoms with Crippen molar-refractivity contribution >= 4 is 27.3 Å². The molecule has 1 heterocycles. The molecule has 0 bridgehead atoms. The molecular formula is C12H16ClN3O4S. The first kappa shape index (κ1) is 16.2. The Morgan fingerprint density at radius 3 is 2.57 bits per heavy atom. The van der Waals surface area contributed by atoms with Crippen LogP contribution in [0.3, 0.4) is 0 Å². The molecule has 1 saturated heterocycles. The summed E-state index contributed by atoms with van der Waals surface area (Å²) in [4.78, 5) is 10.00. The van der Waals surface area contributed by atoms with Crippen molar-refractivity contribution in [3.05, 3.63) is 33.3 Å². The highest BCUT2D eigenvalue weighted by Gasteiger charge is 2.32. The molecule has 1 fully saturated rings. The lowest BCUT2D eigenvalue weighted by Gasteiger charge is -2.34. The second-order valence-corrected chi connectivity index (χ2v) is 7.38. The zero-order valence-electron chi connectivity index (χ0n) is 11.4. The van der Waals surface area contributed by atoms with E-state index in [-0.39, 0.29) is 9.92 Å². The Hall–Kier alpha value is -1.22. The molecule has 0 aliphatic carbocycles. The lowest BCUT2D eigenvalue weighted by atomic mass is 9.92. The molecule has 1 aromatic rings. The van der Waals surface area contributed by atoms with Gasteiger partial charge in [-0.15, -0.1) is 0 Å². The maximum absolute atomic E-state index is 12.4. The Labute approximate surface area is 127 Å². The van der Waals surface area contributed by atoms with E-state index in [2.05, 4.69) is 10.0 Å². The lowest BCUT2D eigenvalue weighted by molar-refractivity contribution is -0.384. The molecular weight excluding hydrogens is 318 g/mol. The first-order valence-electron chi connectivity index (χ1n) is 6.42. The molecule has 1 aliphatic heterocycles. The van der Waals surface area contributed by atoms with Crippen LogP contribution in [0.2, 0.25) is 5.02 Å². The smallest absolute Gasteiger partial charge is 0.289 e. The molecule has 0 atom stereocenters. The van der Waals surface area contributed by atoms with Gasteiger partial charge in [-0.1, -0.05) is 11.6 Å². The van der Waals surface area contributed by atoms with Crippen LogP contribution < -0.4 is 10.0 Å². The predicted molar refractivity (Wildman–Crippen MR) is 78.9 cm³/mol. The number of nitro groups is 1. The minimum atomic E-state index is -3.83. The summed E-state index contributed by atoms with van der Waals surface area (Å²) in [5.41, 5.74) is -0.978. The summed E-state index contributed by atoms with van der Waals surface area (Å²) in [5.74, 6) is 0. The molecule has 0 aromatic heterocycles. The number of halogens is 1. The average molecular weight is 334 g/mol. The average Bonchev–Trinajstić information content (AvgIpc) is 2.38. The number of rotatable bonds is 4. The van der Waals surface area contributed by atoms with Crippen LogP contribution in [0.5, 0.6) is 0 Å². The molecule has 0 amide bonds. The second kappa shape index (κ2) is 5.88. The van der Waals surface area contributed by atoms with Crippen LogP contribution in [0.15, 0.2) is 23.1 Å². The van der Waals surface area contributed by atoms with Crippen LogP contribution >= 0.6 is 11.6 Å². The molecule has 0 radical (unpaired) electrons. The van der Waals surface area contributed by atoms with Gasteiger partial charge in [-0.3, -0.25) is 10.1 Å². The normalized spacial score (nSPS) is 18.4. The fraction of sp³-hybridized carbons (Fsp3) is 0.500. The van der Waals surface area contributed by atoms with E-state index in [9.17, 15) is 18.5 Å². The highest BCUT2D eigenvalue weighted by atomic mass is 35.5. The topological polar surface area (TPSA) is 101 Å². The van der Waals surface area contributed by atoms with Gasteiger partial charge in [-0.25, -0.2) is 13.1 Å². The van der Waals surface area contributed by atoms with Crippen molar-refractivity contribution in [3.8, 4) is 0 Å². The summed E-state index contributed by atoms with van der Waals surface area (Å²) in [6, 6.07) is 3.47. The van der Waals surface area contributed by atoms with Gasteiger partial charge in [-0.2, -0.15) is 0 Å². The van der Waals surface area contributed by atoms with Gasteiger partial charge in [0.1, 0.15) is 5.02 Å². The number of nitro benzene ring substituents is 1. The Bertz CT molecular complexity index is 656. The third-order valence-corrected chi connectivity index (χ3v) is 5.47. The van der Waals surface area contributed by atoms with Crippen LogP contribution in [-0.4, -0.2) is 32.0 Å². The van der Waals surface area contributed by atoms with Gasteiger partial charge in [0.2, 0.25) is 10.0 Å². The minimum absolute atomic E-state index is 0.0907. The number of piperidine rings is 1. The Morgan fingerprint density at radius 1 is 1.38 bits per heavy atom. The van der Waals surface area contributed by atoms with Crippen LogP contribution in [-0.2, 0) is 10.0 Å². The van der Waals surface area contributed by atoms with E-state index in [1.54, 1.807) is 0 Å². The molecule has 0 spiro atoms. The lowest BCUT2D eigenvalue weighted by Crippen LogP contribution is -2.52. The second-order valence-electron chi connectivity index (χ2n) is 5.29. The molecule has 7 nitrogen and oxygen atoms in total. The third kappa shape index (κ3) is 3.70. The van der Waals surface area contributed by atoms with Gasteiger partial charge < -0.3 is 5.32 Å². The van der Waals surface area contributed by atoms with E-state index in [0.717, 1.165) is 19.2 Å². The number of hydrogen-bond acceptors (Lipinski definition) is 5. The highest BCUT2D eigenvalue weighted by molar-refractivity contribution is 7.89. The zero-order valence-corrected chi connectivity index (χ0v) is 13.0. The van der Waals surface area contributed by atoms with Gasteiger partial charge >= 0.3 is 0 Å².